The summed E-state index contributed by atoms with van der Waals surface area (Å²) in [6, 6.07) is 3.42. The Labute approximate surface area is 317 Å². The summed E-state index contributed by atoms with van der Waals surface area (Å²) in [5.41, 5.74) is -6.68. The Morgan fingerprint density at radius 1 is 0.895 bits per heavy atom. The highest BCUT2D eigenvalue weighted by atomic mass is 19.4. The van der Waals surface area contributed by atoms with E-state index >= 15 is 0 Å². The van der Waals surface area contributed by atoms with Crippen molar-refractivity contribution >= 4 is 28.3 Å². The van der Waals surface area contributed by atoms with Crippen LogP contribution in [-0.2, 0) is 46.6 Å². The number of alkyl halides is 9. The number of morpholine rings is 2. The van der Waals surface area contributed by atoms with Crippen molar-refractivity contribution in [2.75, 3.05) is 51.0 Å². The number of anilines is 1. The Morgan fingerprint density at radius 3 is 2.23 bits per heavy atom. The molecule has 2 aromatic heterocycles. The molecule has 306 valence electrons. The van der Waals surface area contributed by atoms with Crippen molar-refractivity contribution in [1.29, 1.82) is 0 Å². The fourth-order valence-electron chi connectivity index (χ4n) is 7.05. The summed E-state index contributed by atoms with van der Waals surface area (Å²) in [5.74, 6) is -3.17. The number of carbonyl (C=O) groups is 2. The van der Waals surface area contributed by atoms with Crippen molar-refractivity contribution in [2.24, 2.45) is 7.05 Å². The summed E-state index contributed by atoms with van der Waals surface area (Å²) in [6.45, 7) is -1.01. The molecule has 6 rings (SSSR count). The lowest BCUT2D eigenvalue weighted by atomic mass is 9.94. The molecule has 4 heterocycles. The predicted octanol–water partition coefficient (Wildman–Crippen LogP) is 5.66. The number of nitrogens with zero attached hydrogens (tertiary/aromatic N) is 4. The molecule has 0 radical (unpaired) electrons. The van der Waals surface area contributed by atoms with E-state index in [0.29, 0.717) is 12.1 Å². The monoisotopic (exact) mass is 815 g/mol. The Balaban J connectivity index is 1.42. The van der Waals surface area contributed by atoms with E-state index in [-0.39, 0.29) is 67.0 Å². The van der Waals surface area contributed by atoms with Crippen LogP contribution in [0.25, 0.3) is 22.0 Å². The van der Waals surface area contributed by atoms with Crippen molar-refractivity contribution < 1.29 is 63.7 Å². The zero-order valence-electron chi connectivity index (χ0n) is 29.9. The van der Waals surface area contributed by atoms with E-state index in [1.54, 1.807) is 4.90 Å². The minimum Gasteiger partial charge on any atom is -0.480 e. The minimum absolute atomic E-state index is 0.0160. The molecule has 0 spiro atoms. The van der Waals surface area contributed by atoms with E-state index in [0.717, 1.165) is 27.9 Å². The van der Waals surface area contributed by atoms with Gasteiger partial charge in [-0.15, -0.1) is 0 Å². The van der Waals surface area contributed by atoms with Gasteiger partial charge in [-0.2, -0.15) is 39.5 Å². The van der Waals surface area contributed by atoms with Gasteiger partial charge in [-0.25, -0.2) is 4.79 Å². The van der Waals surface area contributed by atoms with E-state index in [1.807, 2.05) is 0 Å². The quantitative estimate of drug-likeness (QED) is 0.206. The maximum atomic E-state index is 14.9. The van der Waals surface area contributed by atoms with Gasteiger partial charge in [-0.05, 0) is 40.8 Å². The van der Waals surface area contributed by atoms with E-state index in [4.69, 9.17) is 9.47 Å². The summed E-state index contributed by atoms with van der Waals surface area (Å²) in [6.07, 6.45) is -13.7. The minimum atomic E-state index is -5.30. The fourth-order valence-corrected chi connectivity index (χ4v) is 7.05. The number of rotatable bonds is 9. The van der Waals surface area contributed by atoms with Gasteiger partial charge in [0.1, 0.15) is 12.1 Å². The third-order valence-corrected chi connectivity index (χ3v) is 9.81. The lowest BCUT2D eigenvalue weighted by molar-refractivity contribution is -0.167. The summed E-state index contributed by atoms with van der Waals surface area (Å²) >= 11 is 0. The predicted molar refractivity (Wildman–Crippen MR) is 186 cm³/mol. The SMILES string of the molecule is Cn1ccc(C(F)(F)F)c(-c2nccc3c(C[C@H](NC(=O)c4c(CN5CCOCC5)cc(N5CCOC[C@@H]5C(F)(F)F)cc4C(F)(F)F)C(=O)O)cccc23)c1=O. The van der Waals surface area contributed by atoms with Crippen molar-refractivity contribution in [2.45, 2.75) is 43.6 Å². The van der Waals surface area contributed by atoms with Crippen LogP contribution in [0.4, 0.5) is 45.2 Å². The molecular formula is C37H34F9N5O6. The number of hydrogen-bond donors (Lipinski definition) is 2. The number of ether oxygens (including phenoxy) is 2. The lowest BCUT2D eigenvalue weighted by Crippen LogP contribution is -2.53. The Kier molecular flexibility index (Phi) is 11.6. The summed E-state index contributed by atoms with van der Waals surface area (Å²) in [5, 5.41) is 12.5. The molecule has 2 aliphatic rings. The zero-order chi connectivity index (χ0) is 41.4. The molecule has 4 aromatic rings. The van der Waals surface area contributed by atoms with Gasteiger partial charge in [0.25, 0.3) is 11.5 Å². The summed E-state index contributed by atoms with van der Waals surface area (Å²) in [4.78, 5) is 46.1. The summed E-state index contributed by atoms with van der Waals surface area (Å²) < 4.78 is 140. The molecule has 2 N–H and O–H groups in total. The van der Waals surface area contributed by atoms with Crippen LogP contribution in [0.2, 0.25) is 0 Å². The van der Waals surface area contributed by atoms with Crippen molar-refractivity contribution in [1.82, 2.24) is 19.8 Å². The number of benzene rings is 2. The molecule has 0 aliphatic carbocycles. The highest BCUT2D eigenvalue weighted by Crippen LogP contribution is 2.41. The first-order chi connectivity index (χ1) is 26.8. The number of carboxylic acids is 1. The lowest BCUT2D eigenvalue weighted by Gasteiger charge is -2.39. The number of amides is 1. The van der Waals surface area contributed by atoms with Crippen LogP contribution >= 0.6 is 0 Å². The number of carbonyl (C=O) groups excluding carboxylic acids is 1. The normalized spacial score (nSPS) is 17.8. The largest absolute Gasteiger partial charge is 0.480 e. The number of halogens is 9. The van der Waals surface area contributed by atoms with Crippen molar-refractivity contribution in [3.8, 4) is 11.3 Å². The third kappa shape index (κ3) is 8.86. The molecule has 1 amide bonds. The van der Waals surface area contributed by atoms with Crippen LogP contribution in [0.3, 0.4) is 0 Å². The highest BCUT2D eigenvalue weighted by Gasteiger charge is 2.47. The molecule has 2 aliphatic heterocycles. The molecule has 57 heavy (non-hydrogen) atoms. The van der Waals surface area contributed by atoms with E-state index in [9.17, 15) is 59.0 Å². The maximum Gasteiger partial charge on any atom is 0.417 e. The van der Waals surface area contributed by atoms with Gasteiger partial charge in [0, 0.05) is 63.1 Å². The first-order valence-electron chi connectivity index (χ1n) is 17.4. The van der Waals surface area contributed by atoms with Crippen LogP contribution in [0.15, 0.2) is 59.7 Å². The van der Waals surface area contributed by atoms with Gasteiger partial charge in [-0.3, -0.25) is 19.5 Å². The highest BCUT2D eigenvalue weighted by molar-refractivity contribution is 6.01. The second-order valence-electron chi connectivity index (χ2n) is 13.5. The molecule has 2 atom stereocenters. The first kappa shape index (κ1) is 41.4. The number of aliphatic carboxylic acids is 1. The van der Waals surface area contributed by atoms with Gasteiger partial charge in [0.05, 0.1) is 54.4 Å². The maximum absolute atomic E-state index is 14.9. The average Bonchev–Trinajstić information content (AvgIpc) is 3.14. The molecule has 20 heteroatoms. The number of carboxylic acid groups (broad SMARTS) is 1. The van der Waals surface area contributed by atoms with E-state index in [1.165, 1.54) is 31.3 Å². The van der Waals surface area contributed by atoms with Crippen molar-refractivity contribution in [3.05, 3.63) is 93.0 Å². The number of aryl methyl sites for hydroxylation is 1. The molecule has 2 fully saturated rings. The van der Waals surface area contributed by atoms with Crippen LogP contribution in [0.1, 0.15) is 32.6 Å². The first-order valence-corrected chi connectivity index (χ1v) is 17.4. The molecule has 2 saturated heterocycles. The number of fused-ring (bicyclic) bond motifs is 1. The molecule has 2 aromatic carbocycles. The van der Waals surface area contributed by atoms with Gasteiger partial charge >= 0.3 is 24.5 Å². The Morgan fingerprint density at radius 2 is 1.58 bits per heavy atom. The van der Waals surface area contributed by atoms with Gasteiger partial charge in [-0.1, -0.05) is 18.2 Å². The molecule has 0 saturated carbocycles. The molecule has 0 unspecified atom stereocenters. The average molecular weight is 816 g/mol. The van der Waals surface area contributed by atoms with Gasteiger partial charge < -0.3 is 29.4 Å². The number of nitrogens with one attached hydrogen (secondary N) is 1. The van der Waals surface area contributed by atoms with Gasteiger partial charge in [0.2, 0.25) is 0 Å². The van der Waals surface area contributed by atoms with Crippen LogP contribution < -0.4 is 15.8 Å². The van der Waals surface area contributed by atoms with Crippen LogP contribution in [-0.4, -0.2) is 95.8 Å². The smallest absolute Gasteiger partial charge is 0.417 e. The second kappa shape index (κ2) is 16.0. The number of aromatic nitrogens is 2. The Hall–Kier alpha value is -5.21. The van der Waals surface area contributed by atoms with Crippen LogP contribution in [0, 0.1) is 0 Å². The number of pyridine rings is 2. The van der Waals surface area contributed by atoms with Crippen molar-refractivity contribution in [3.63, 3.8) is 0 Å². The standard InChI is InChI=1S/C37H34F9N5O6/c1-49-8-6-25(35(38,39)40)30(33(49)53)31-24-4-2-3-20(23(24)5-7-47-31)16-27(34(54)55)48-32(52)29-21(18-50-9-12-56-13-10-50)15-22(17-26(29)36(41,42)43)51-11-14-57-19-28(51)37(44,45)46/h2-8,15,17,27-28H,9-14,16,18-19H2,1H3,(H,48,52)(H,54,55)/t27-,28+/m0/s1. The fraction of sp³-hybridized carbons (Fsp3) is 0.405. The van der Waals surface area contributed by atoms with E-state index in [2.05, 4.69) is 10.3 Å². The number of hydrogen-bond acceptors (Lipinski definition) is 8. The second-order valence-corrected chi connectivity index (χ2v) is 13.5. The molecular weight excluding hydrogens is 781 g/mol. The van der Waals surface area contributed by atoms with Gasteiger partial charge in [0.15, 0.2) is 0 Å². The Bertz CT molecular complexity index is 2220. The topological polar surface area (TPSA) is 126 Å². The van der Waals surface area contributed by atoms with E-state index < -0.39 is 95.6 Å². The van der Waals surface area contributed by atoms with Crippen LogP contribution in [0.5, 0.6) is 0 Å². The molecule has 11 nitrogen and oxygen atoms in total. The summed E-state index contributed by atoms with van der Waals surface area (Å²) in [7, 11) is 1.24. The third-order valence-electron chi connectivity index (χ3n) is 9.81. The molecule has 0 bridgehead atoms. The zero-order valence-corrected chi connectivity index (χ0v) is 29.9.